The summed E-state index contributed by atoms with van der Waals surface area (Å²) >= 11 is 0. The number of para-hydroxylation sites is 1. The van der Waals surface area contributed by atoms with E-state index in [1.807, 2.05) is 42.3 Å². The number of fused-ring (bicyclic) bond motifs is 1. The Kier molecular flexibility index (Phi) is 4.15. The minimum absolute atomic E-state index is 0.233. The lowest BCUT2D eigenvalue weighted by Crippen LogP contribution is -2.34. The minimum Gasteiger partial charge on any atom is -0.376 e. The number of hydrogen-bond acceptors (Lipinski definition) is 4. The average molecular weight is 284 g/mol. The quantitative estimate of drug-likeness (QED) is 0.809. The van der Waals surface area contributed by atoms with Crippen LogP contribution in [0.15, 0.2) is 30.3 Å². The average Bonchev–Trinajstić information content (AvgIpc) is 2.54. The summed E-state index contributed by atoms with van der Waals surface area (Å²) in [6.07, 6.45) is 4.55. The Hall–Kier alpha value is -1.94. The van der Waals surface area contributed by atoms with Crippen LogP contribution in [0.1, 0.15) is 29.6 Å². The number of rotatable bonds is 4. The molecule has 110 valence electrons. The number of aromatic nitrogens is 1. The number of carbonyl (C=O) groups is 1. The molecule has 1 fully saturated rings. The van der Waals surface area contributed by atoms with Crippen LogP contribution in [-0.4, -0.2) is 37.6 Å². The Bertz CT molecular complexity index is 636. The first-order valence-electron chi connectivity index (χ1n) is 7.45. The van der Waals surface area contributed by atoms with Crippen molar-refractivity contribution < 1.29 is 9.53 Å². The van der Waals surface area contributed by atoms with Crippen LogP contribution in [0.4, 0.5) is 5.82 Å². The Morgan fingerprint density at radius 2 is 2.24 bits per heavy atom. The van der Waals surface area contributed by atoms with E-state index in [1.165, 1.54) is 6.42 Å². The van der Waals surface area contributed by atoms with Gasteiger partial charge in [0.2, 0.25) is 0 Å². The highest BCUT2D eigenvalue weighted by Crippen LogP contribution is 2.23. The van der Waals surface area contributed by atoms with Crippen molar-refractivity contribution >= 4 is 23.0 Å². The standard InChI is InChI=1S/C17H20N2O2/c1-19(11-15-7-4-5-9-21-15)17-14(12-20)10-13-6-2-3-8-16(13)18-17/h2-3,6,8,10,12,15H,4-5,7,9,11H2,1H3. The summed E-state index contributed by atoms with van der Waals surface area (Å²) in [5.74, 6) is 0.734. The van der Waals surface area contributed by atoms with E-state index < -0.39 is 0 Å². The van der Waals surface area contributed by atoms with Gasteiger partial charge in [-0.2, -0.15) is 0 Å². The van der Waals surface area contributed by atoms with Crippen LogP contribution in [0, 0.1) is 0 Å². The maximum Gasteiger partial charge on any atom is 0.153 e. The number of hydrogen-bond donors (Lipinski definition) is 0. The number of anilines is 1. The number of pyridine rings is 1. The van der Waals surface area contributed by atoms with E-state index in [4.69, 9.17) is 4.74 Å². The highest BCUT2D eigenvalue weighted by atomic mass is 16.5. The fourth-order valence-corrected chi connectivity index (χ4v) is 2.86. The van der Waals surface area contributed by atoms with Crippen LogP contribution in [0.25, 0.3) is 10.9 Å². The highest BCUT2D eigenvalue weighted by Gasteiger charge is 2.18. The zero-order valence-electron chi connectivity index (χ0n) is 12.3. The normalized spacial score (nSPS) is 18.6. The number of ether oxygens (including phenoxy) is 1. The molecule has 2 aromatic rings. The van der Waals surface area contributed by atoms with Gasteiger partial charge in [0.05, 0.1) is 17.2 Å². The first-order valence-corrected chi connectivity index (χ1v) is 7.45. The van der Waals surface area contributed by atoms with Crippen LogP contribution in [0.3, 0.4) is 0 Å². The molecule has 0 spiro atoms. The van der Waals surface area contributed by atoms with Gasteiger partial charge in [0.1, 0.15) is 5.82 Å². The third-order valence-electron chi connectivity index (χ3n) is 3.97. The second-order valence-electron chi connectivity index (χ2n) is 5.58. The maximum atomic E-state index is 11.4. The molecule has 0 saturated carbocycles. The van der Waals surface area contributed by atoms with Gasteiger partial charge in [-0.15, -0.1) is 0 Å². The number of nitrogens with zero attached hydrogens (tertiary/aromatic N) is 2. The molecule has 0 aliphatic carbocycles. The Morgan fingerprint density at radius 1 is 1.38 bits per heavy atom. The maximum absolute atomic E-state index is 11.4. The van der Waals surface area contributed by atoms with Gasteiger partial charge < -0.3 is 9.64 Å². The largest absolute Gasteiger partial charge is 0.376 e. The molecule has 1 atom stereocenters. The predicted octanol–water partition coefficient (Wildman–Crippen LogP) is 3.05. The van der Waals surface area contributed by atoms with Crippen molar-refractivity contribution in [1.29, 1.82) is 0 Å². The number of carbonyl (C=O) groups excluding carboxylic acids is 1. The molecule has 0 bridgehead atoms. The first kappa shape index (κ1) is 14.0. The number of aldehydes is 1. The van der Waals surface area contributed by atoms with Gasteiger partial charge in [-0.3, -0.25) is 4.79 Å². The first-order chi connectivity index (χ1) is 10.3. The van der Waals surface area contributed by atoms with E-state index in [-0.39, 0.29) is 6.10 Å². The topological polar surface area (TPSA) is 42.4 Å². The molecule has 1 aliphatic heterocycles. The Balaban J connectivity index is 1.88. The highest BCUT2D eigenvalue weighted by molar-refractivity contribution is 5.91. The summed E-state index contributed by atoms with van der Waals surface area (Å²) in [7, 11) is 1.97. The molecule has 1 aromatic carbocycles. The van der Waals surface area contributed by atoms with Crippen molar-refractivity contribution in [3.05, 3.63) is 35.9 Å². The zero-order chi connectivity index (χ0) is 14.7. The van der Waals surface area contributed by atoms with Crippen LogP contribution in [0.5, 0.6) is 0 Å². The second kappa shape index (κ2) is 6.22. The van der Waals surface area contributed by atoms with Gasteiger partial charge in [-0.25, -0.2) is 4.98 Å². The van der Waals surface area contributed by atoms with Crippen molar-refractivity contribution in [2.75, 3.05) is 25.1 Å². The van der Waals surface area contributed by atoms with Gasteiger partial charge >= 0.3 is 0 Å². The lowest BCUT2D eigenvalue weighted by molar-refractivity contribution is 0.0215. The second-order valence-corrected chi connectivity index (χ2v) is 5.58. The van der Waals surface area contributed by atoms with Crippen molar-refractivity contribution in [3.63, 3.8) is 0 Å². The van der Waals surface area contributed by atoms with Gasteiger partial charge in [-0.1, -0.05) is 18.2 Å². The molecule has 0 radical (unpaired) electrons. The summed E-state index contributed by atoms with van der Waals surface area (Å²) in [5, 5.41) is 0.991. The molecule has 1 aliphatic rings. The lowest BCUT2D eigenvalue weighted by atomic mass is 10.1. The Labute approximate surface area is 124 Å². The number of likely N-dealkylation sites (N-methyl/N-ethyl adjacent to an activating group) is 1. The molecule has 21 heavy (non-hydrogen) atoms. The summed E-state index contributed by atoms with van der Waals surface area (Å²) in [6, 6.07) is 9.77. The van der Waals surface area contributed by atoms with Crippen LogP contribution < -0.4 is 4.90 Å². The van der Waals surface area contributed by atoms with E-state index >= 15 is 0 Å². The zero-order valence-corrected chi connectivity index (χ0v) is 12.3. The summed E-state index contributed by atoms with van der Waals surface area (Å²) in [5.41, 5.74) is 1.54. The van der Waals surface area contributed by atoms with Crippen LogP contribution in [0.2, 0.25) is 0 Å². The molecule has 4 heteroatoms. The summed E-state index contributed by atoms with van der Waals surface area (Å²) < 4.78 is 5.77. The molecular weight excluding hydrogens is 264 g/mol. The molecule has 4 nitrogen and oxygen atoms in total. The van der Waals surface area contributed by atoms with Crippen LogP contribution >= 0.6 is 0 Å². The fraction of sp³-hybridized carbons (Fsp3) is 0.412. The van der Waals surface area contributed by atoms with Gasteiger partial charge in [0.15, 0.2) is 6.29 Å². The van der Waals surface area contributed by atoms with Gasteiger partial charge in [0.25, 0.3) is 0 Å². The van der Waals surface area contributed by atoms with E-state index in [0.29, 0.717) is 5.56 Å². The molecule has 1 saturated heterocycles. The van der Waals surface area contributed by atoms with Crippen molar-refractivity contribution in [2.45, 2.75) is 25.4 Å². The van der Waals surface area contributed by atoms with Crippen molar-refractivity contribution in [2.24, 2.45) is 0 Å². The SMILES string of the molecule is CN(CC1CCCCO1)c1nc2ccccc2cc1C=O. The third kappa shape index (κ3) is 3.05. The molecule has 3 rings (SSSR count). The lowest BCUT2D eigenvalue weighted by Gasteiger charge is -2.28. The minimum atomic E-state index is 0.233. The summed E-state index contributed by atoms with van der Waals surface area (Å²) in [6.45, 7) is 1.61. The van der Waals surface area contributed by atoms with E-state index in [9.17, 15) is 4.79 Å². The van der Waals surface area contributed by atoms with Crippen LogP contribution in [-0.2, 0) is 4.74 Å². The Morgan fingerprint density at radius 3 is 3.00 bits per heavy atom. The molecule has 0 amide bonds. The monoisotopic (exact) mass is 284 g/mol. The van der Waals surface area contributed by atoms with Gasteiger partial charge in [0, 0.05) is 25.6 Å². The van der Waals surface area contributed by atoms with Crippen molar-refractivity contribution in [3.8, 4) is 0 Å². The molecular formula is C17H20N2O2. The number of benzene rings is 1. The predicted molar refractivity (Wildman–Crippen MR) is 84.0 cm³/mol. The van der Waals surface area contributed by atoms with Gasteiger partial charge in [-0.05, 0) is 31.4 Å². The van der Waals surface area contributed by atoms with Crippen molar-refractivity contribution in [1.82, 2.24) is 4.98 Å². The smallest absolute Gasteiger partial charge is 0.153 e. The van der Waals surface area contributed by atoms with E-state index in [1.54, 1.807) is 0 Å². The molecule has 1 aromatic heterocycles. The fourth-order valence-electron chi connectivity index (χ4n) is 2.86. The van der Waals surface area contributed by atoms with E-state index in [0.717, 1.165) is 49.0 Å². The molecule has 0 N–H and O–H groups in total. The molecule has 1 unspecified atom stereocenters. The van der Waals surface area contributed by atoms with E-state index in [2.05, 4.69) is 4.98 Å². The molecule has 2 heterocycles. The third-order valence-corrected chi connectivity index (χ3v) is 3.97. The summed E-state index contributed by atoms with van der Waals surface area (Å²) in [4.78, 5) is 18.1.